The Bertz CT molecular complexity index is 703. The second kappa shape index (κ2) is 8.04. The van der Waals surface area contributed by atoms with E-state index in [1.165, 1.54) is 0 Å². The van der Waals surface area contributed by atoms with Crippen molar-refractivity contribution in [1.29, 1.82) is 0 Å². The molecule has 0 bridgehead atoms. The van der Waals surface area contributed by atoms with E-state index in [0.717, 1.165) is 22.3 Å². The van der Waals surface area contributed by atoms with Crippen LogP contribution in [0.15, 0.2) is 72.8 Å². The Labute approximate surface area is 150 Å². The average Bonchev–Trinajstić information content (AvgIpc) is 2.56. The van der Waals surface area contributed by atoms with Gasteiger partial charge in [-0.2, -0.15) is 0 Å². The topological polar surface area (TPSA) is 52.5 Å². The number of likely N-dealkylation sites (N-methyl/N-ethyl adjacent to an activating group) is 1. The van der Waals surface area contributed by atoms with Crippen LogP contribution in [0.3, 0.4) is 0 Å². The summed E-state index contributed by atoms with van der Waals surface area (Å²) in [4.78, 5) is 0. The van der Waals surface area contributed by atoms with Gasteiger partial charge in [0.25, 0.3) is 0 Å². The Kier molecular flexibility index (Phi) is 6.05. The first-order valence-corrected chi connectivity index (χ1v) is 8.42. The Morgan fingerprint density at radius 2 is 1.16 bits per heavy atom. The second-order valence-electron chi connectivity index (χ2n) is 6.58. The number of benzene rings is 2. The van der Waals surface area contributed by atoms with Crippen LogP contribution in [0, 0.1) is 0 Å². The lowest BCUT2D eigenvalue weighted by Gasteiger charge is -2.35. The van der Waals surface area contributed by atoms with Crippen molar-refractivity contribution in [2.24, 2.45) is 0 Å². The SMILES string of the molecule is C=C(C)C(c1ccccc1O)C(NC)C(C(=C)C)c1ccccc1O. The quantitative estimate of drug-likeness (QED) is 0.642. The van der Waals surface area contributed by atoms with E-state index >= 15 is 0 Å². The third kappa shape index (κ3) is 3.94. The molecule has 0 aromatic heterocycles. The van der Waals surface area contributed by atoms with Gasteiger partial charge in [0.1, 0.15) is 11.5 Å². The molecule has 0 spiro atoms. The zero-order valence-electron chi connectivity index (χ0n) is 15.2. The predicted octanol–water partition coefficient (Wildman–Crippen LogP) is 4.71. The summed E-state index contributed by atoms with van der Waals surface area (Å²) in [5.41, 5.74) is 3.50. The van der Waals surface area contributed by atoms with Crippen LogP contribution in [0.25, 0.3) is 0 Å². The predicted molar refractivity (Wildman–Crippen MR) is 104 cm³/mol. The van der Waals surface area contributed by atoms with Gasteiger partial charge in [0.2, 0.25) is 0 Å². The molecule has 0 aliphatic heterocycles. The van der Waals surface area contributed by atoms with Crippen LogP contribution in [0.4, 0.5) is 0 Å². The van der Waals surface area contributed by atoms with Crippen LogP contribution in [0.2, 0.25) is 0 Å². The van der Waals surface area contributed by atoms with Crippen LogP contribution >= 0.6 is 0 Å². The third-order valence-electron chi connectivity index (χ3n) is 4.66. The molecular weight excluding hydrogens is 310 g/mol. The fourth-order valence-electron chi connectivity index (χ4n) is 3.56. The summed E-state index contributed by atoms with van der Waals surface area (Å²) in [5, 5.41) is 24.1. The third-order valence-corrected chi connectivity index (χ3v) is 4.66. The molecule has 0 fully saturated rings. The molecule has 0 saturated heterocycles. The van der Waals surface area contributed by atoms with Gasteiger partial charge in [0.15, 0.2) is 0 Å². The Morgan fingerprint density at radius 1 is 0.800 bits per heavy atom. The fraction of sp³-hybridized carbons (Fsp3) is 0.273. The highest BCUT2D eigenvalue weighted by Crippen LogP contribution is 2.42. The van der Waals surface area contributed by atoms with E-state index in [9.17, 15) is 10.2 Å². The molecule has 0 amide bonds. The first kappa shape index (κ1) is 18.8. The van der Waals surface area contributed by atoms with Gasteiger partial charge in [-0.25, -0.2) is 0 Å². The van der Waals surface area contributed by atoms with Gasteiger partial charge in [-0.1, -0.05) is 60.7 Å². The van der Waals surface area contributed by atoms with Crippen LogP contribution < -0.4 is 5.32 Å². The van der Waals surface area contributed by atoms with E-state index in [2.05, 4.69) is 18.5 Å². The summed E-state index contributed by atoms with van der Waals surface area (Å²) in [7, 11) is 1.89. The molecule has 2 aromatic rings. The number of phenols is 2. The average molecular weight is 337 g/mol. The monoisotopic (exact) mass is 337 g/mol. The van der Waals surface area contributed by atoms with E-state index in [1.54, 1.807) is 12.1 Å². The number of hydrogen-bond acceptors (Lipinski definition) is 3. The first-order chi connectivity index (χ1) is 11.9. The lowest BCUT2D eigenvalue weighted by molar-refractivity contribution is 0.409. The van der Waals surface area contributed by atoms with E-state index in [-0.39, 0.29) is 29.4 Å². The van der Waals surface area contributed by atoms with Gasteiger partial charge in [-0.05, 0) is 33.0 Å². The Balaban J connectivity index is 2.60. The molecule has 0 aliphatic carbocycles. The van der Waals surface area contributed by atoms with E-state index in [4.69, 9.17) is 0 Å². The highest BCUT2D eigenvalue weighted by Gasteiger charge is 2.34. The van der Waals surface area contributed by atoms with Gasteiger partial charge < -0.3 is 15.5 Å². The highest BCUT2D eigenvalue weighted by molar-refractivity contribution is 5.45. The smallest absolute Gasteiger partial charge is 0.119 e. The summed E-state index contributed by atoms with van der Waals surface area (Å²) >= 11 is 0. The van der Waals surface area contributed by atoms with Crippen molar-refractivity contribution in [2.75, 3.05) is 7.05 Å². The summed E-state index contributed by atoms with van der Waals surface area (Å²) in [6.07, 6.45) is 0. The maximum atomic E-state index is 10.4. The normalized spacial score (nSPS) is 14.5. The van der Waals surface area contributed by atoms with E-state index < -0.39 is 0 Å². The van der Waals surface area contributed by atoms with Gasteiger partial charge in [0, 0.05) is 29.0 Å². The number of nitrogens with one attached hydrogen (secondary N) is 1. The summed E-state index contributed by atoms with van der Waals surface area (Å²) < 4.78 is 0. The van der Waals surface area contributed by atoms with Gasteiger partial charge in [-0.3, -0.25) is 0 Å². The number of rotatable bonds is 7. The van der Waals surface area contributed by atoms with Gasteiger partial charge >= 0.3 is 0 Å². The van der Waals surface area contributed by atoms with Crippen molar-refractivity contribution in [2.45, 2.75) is 31.7 Å². The van der Waals surface area contributed by atoms with E-state index in [1.807, 2.05) is 57.3 Å². The molecule has 25 heavy (non-hydrogen) atoms. The van der Waals surface area contributed by atoms with Crippen LogP contribution in [-0.2, 0) is 0 Å². The van der Waals surface area contributed by atoms with Crippen LogP contribution in [0.1, 0.15) is 36.8 Å². The lowest BCUT2D eigenvalue weighted by atomic mass is 9.74. The number of aromatic hydroxyl groups is 2. The Morgan fingerprint density at radius 3 is 1.44 bits per heavy atom. The molecule has 0 radical (unpaired) electrons. The molecular formula is C22H27NO2. The number of phenolic OH excluding ortho intramolecular Hbond substituents is 2. The van der Waals surface area contributed by atoms with Crippen molar-refractivity contribution in [3.05, 3.63) is 84.0 Å². The maximum absolute atomic E-state index is 10.4. The minimum Gasteiger partial charge on any atom is -0.508 e. The first-order valence-electron chi connectivity index (χ1n) is 8.42. The second-order valence-corrected chi connectivity index (χ2v) is 6.58. The lowest BCUT2D eigenvalue weighted by Crippen LogP contribution is -2.39. The molecule has 0 aliphatic rings. The number of hydrogen-bond donors (Lipinski definition) is 3. The standard InChI is InChI=1S/C22H27NO2/c1-14(2)20(16-10-6-8-12-18(16)24)22(23-5)21(15(3)4)17-11-7-9-13-19(17)25/h6-13,20-25H,1,3H2,2,4-5H3. The fourth-order valence-corrected chi connectivity index (χ4v) is 3.56. The molecule has 2 atom stereocenters. The van der Waals surface area contributed by atoms with Crippen molar-refractivity contribution in [3.63, 3.8) is 0 Å². The summed E-state index contributed by atoms with van der Waals surface area (Å²) in [6.45, 7) is 12.2. The maximum Gasteiger partial charge on any atom is 0.119 e. The molecule has 3 heteroatoms. The molecule has 3 nitrogen and oxygen atoms in total. The number of para-hydroxylation sites is 2. The minimum absolute atomic E-state index is 0.114. The molecule has 2 aromatic carbocycles. The van der Waals surface area contributed by atoms with E-state index in [0.29, 0.717) is 0 Å². The zero-order valence-corrected chi connectivity index (χ0v) is 15.2. The molecule has 0 saturated carbocycles. The highest BCUT2D eigenvalue weighted by atomic mass is 16.3. The molecule has 132 valence electrons. The van der Waals surface area contributed by atoms with Gasteiger partial charge in [0.05, 0.1) is 0 Å². The summed E-state index contributed by atoms with van der Waals surface area (Å²) in [6, 6.07) is 14.5. The molecule has 2 unspecified atom stereocenters. The minimum atomic E-state index is -0.132. The molecule has 0 heterocycles. The Hall–Kier alpha value is -2.52. The van der Waals surface area contributed by atoms with Crippen molar-refractivity contribution in [3.8, 4) is 11.5 Å². The molecule has 3 N–H and O–H groups in total. The van der Waals surface area contributed by atoms with Gasteiger partial charge in [-0.15, -0.1) is 0 Å². The van der Waals surface area contributed by atoms with Crippen LogP contribution in [0.5, 0.6) is 11.5 Å². The van der Waals surface area contributed by atoms with Crippen LogP contribution in [-0.4, -0.2) is 23.3 Å². The van der Waals surface area contributed by atoms with Crippen molar-refractivity contribution >= 4 is 0 Å². The zero-order chi connectivity index (χ0) is 18.6. The van der Waals surface area contributed by atoms with Crippen molar-refractivity contribution in [1.82, 2.24) is 5.32 Å². The largest absolute Gasteiger partial charge is 0.508 e. The summed E-state index contributed by atoms with van der Waals surface area (Å²) in [5.74, 6) is 0.224. The van der Waals surface area contributed by atoms with Crippen molar-refractivity contribution < 1.29 is 10.2 Å². The molecule has 2 rings (SSSR count).